The first-order valence-electron chi connectivity index (χ1n) is 9.12. The second-order valence-electron chi connectivity index (χ2n) is 6.76. The zero-order valence-electron chi connectivity index (χ0n) is 14.6. The van der Waals surface area contributed by atoms with E-state index in [1.54, 1.807) is 11.8 Å². The van der Waals surface area contributed by atoms with Crippen molar-refractivity contribution in [1.29, 1.82) is 0 Å². The lowest BCUT2D eigenvalue weighted by atomic mass is 9.89. The number of nitrogens with zero attached hydrogens (tertiary/aromatic N) is 2. The summed E-state index contributed by atoms with van der Waals surface area (Å²) in [6.45, 7) is 1.26. The molecule has 24 heavy (non-hydrogen) atoms. The van der Waals surface area contributed by atoms with Crippen LogP contribution in [0.15, 0.2) is 35.2 Å². The molecule has 1 aliphatic rings. The van der Waals surface area contributed by atoms with Crippen LogP contribution in [0.2, 0.25) is 0 Å². The largest absolute Gasteiger partial charge is 0.396 e. The number of aliphatic hydroxyl groups is 1. The Labute approximate surface area is 149 Å². The third-order valence-electron chi connectivity index (χ3n) is 4.96. The fourth-order valence-electron chi connectivity index (χ4n) is 3.60. The van der Waals surface area contributed by atoms with Crippen LogP contribution in [0.1, 0.15) is 44.2 Å². The molecule has 3 nitrogen and oxygen atoms in total. The molecule has 1 aliphatic carbocycles. The summed E-state index contributed by atoms with van der Waals surface area (Å²) < 4.78 is 2.22. The molecule has 1 aromatic carbocycles. The van der Waals surface area contributed by atoms with Crippen molar-refractivity contribution in [3.63, 3.8) is 0 Å². The van der Waals surface area contributed by atoms with Crippen LogP contribution in [0.3, 0.4) is 0 Å². The lowest BCUT2D eigenvalue weighted by Crippen LogP contribution is -2.16. The van der Waals surface area contributed by atoms with E-state index in [-0.39, 0.29) is 6.61 Å². The number of aromatic nitrogens is 2. The van der Waals surface area contributed by atoms with Gasteiger partial charge in [-0.05, 0) is 61.6 Å². The number of hydrogen-bond donors (Lipinski definition) is 1. The Morgan fingerprint density at radius 1 is 1.17 bits per heavy atom. The topological polar surface area (TPSA) is 38.1 Å². The Morgan fingerprint density at radius 3 is 2.58 bits per heavy atom. The van der Waals surface area contributed by atoms with Crippen molar-refractivity contribution in [2.45, 2.75) is 56.4 Å². The van der Waals surface area contributed by atoms with Gasteiger partial charge in [0.15, 0.2) is 0 Å². The molecule has 3 rings (SSSR count). The normalized spacial score (nSPS) is 15.8. The highest BCUT2D eigenvalue weighted by Crippen LogP contribution is 2.29. The Hall–Kier alpha value is -1.26. The Balaban J connectivity index is 1.84. The van der Waals surface area contributed by atoms with Gasteiger partial charge in [-0.1, -0.05) is 31.4 Å². The van der Waals surface area contributed by atoms with Gasteiger partial charge in [0.25, 0.3) is 0 Å². The van der Waals surface area contributed by atoms with Crippen molar-refractivity contribution in [3.05, 3.63) is 36.0 Å². The molecule has 1 aromatic heterocycles. The third-order valence-corrected chi connectivity index (χ3v) is 5.71. The van der Waals surface area contributed by atoms with Crippen LogP contribution in [0.4, 0.5) is 0 Å². The SMILES string of the molecule is CSc1ccc(-c2cc(CCCO)nn2CC2CCCCC2)cc1. The second kappa shape index (κ2) is 8.72. The van der Waals surface area contributed by atoms with Crippen molar-refractivity contribution < 1.29 is 5.11 Å². The van der Waals surface area contributed by atoms with E-state index in [0.29, 0.717) is 0 Å². The monoisotopic (exact) mass is 344 g/mol. The molecule has 0 spiro atoms. The van der Waals surface area contributed by atoms with Crippen molar-refractivity contribution in [3.8, 4) is 11.3 Å². The highest BCUT2D eigenvalue weighted by molar-refractivity contribution is 7.98. The maximum absolute atomic E-state index is 9.10. The minimum Gasteiger partial charge on any atom is -0.396 e. The van der Waals surface area contributed by atoms with Gasteiger partial charge in [-0.15, -0.1) is 11.8 Å². The minimum absolute atomic E-state index is 0.229. The summed E-state index contributed by atoms with van der Waals surface area (Å²) >= 11 is 1.77. The summed E-state index contributed by atoms with van der Waals surface area (Å²) in [6.07, 6.45) is 10.5. The molecule has 0 aliphatic heterocycles. The quantitative estimate of drug-likeness (QED) is 0.735. The molecular weight excluding hydrogens is 316 g/mol. The highest BCUT2D eigenvalue weighted by Gasteiger charge is 2.17. The highest BCUT2D eigenvalue weighted by atomic mass is 32.2. The lowest BCUT2D eigenvalue weighted by Gasteiger charge is -2.22. The Morgan fingerprint density at radius 2 is 1.92 bits per heavy atom. The van der Waals surface area contributed by atoms with Gasteiger partial charge in [-0.2, -0.15) is 5.10 Å². The van der Waals surface area contributed by atoms with Crippen molar-refractivity contribution >= 4 is 11.8 Å². The maximum Gasteiger partial charge on any atom is 0.0685 e. The standard InChI is InChI=1S/C20H28N2OS/c1-24-19-11-9-17(10-12-19)20-14-18(8-5-13-23)21-22(20)15-16-6-3-2-4-7-16/h9-12,14,16,23H,2-8,13,15H2,1H3. The van der Waals surface area contributed by atoms with Crippen LogP contribution in [0.25, 0.3) is 11.3 Å². The third kappa shape index (κ3) is 4.42. The van der Waals surface area contributed by atoms with E-state index >= 15 is 0 Å². The van der Waals surface area contributed by atoms with Crippen molar-refractivity contribution in [2.75, 3.05) is 12.9 Å². The molecule has 0 saturated heterocycles. The van der Waals surface area contributed by atoms with E-state index in [1.165, 1.54) is 48.3 Å². The summed E-state index contributed by atoms with van der Waals surface area (Å²) in [6, 6.07) is 11.0. The summed E-state index contributed by atoms with van der Waals surface area (Å²) in [4.78, 5) is 1.29. The van der Waals surface area contributed by atoms with Gasteiger partial charge < -0.3 is 5.11 Å². The molecule has 0 amide bonds. The summed E-state index contributed by atoms with van der Waals surface area (Å²) in [5.74, 6) is 0.758. The van der Waals surface area contributed by atoms with Crippen LogP contribution in [-0.4, -0.2) is 27.7 Å². The number of aliphatic hydroxyl groups excluding tert-OH is 1. The van der Waals surface area contributed by atoms with Crippen LogP contribution < -0.4 is 0 Å². The van der Waals surface area contributed by atoms with Crippen molar-refractivity contribution in [2.24, 2.45) is 5.92 Å². The molecular formula is C20H28N2OS. The summed E-state index contributed by atoms with van der Waals surface area (Å²) in [7, 11) is 0. The Bertz CT molecular complexity index is 630. The zero-order chi connectivity index (χ0) is 16.8. The average molecular weight is 345 g/mol. The van der Waals surface area contributed by atoms with Gasteiger partial charge in [-0.25, -0.2) is 0 Å². The van der Waals surface area contributed by atoms with Gasteiger partial charge in [0.1, 0.15) is 0 Å². The van der Waals surface area contributed by atoms with Crippen LogP contribution in [0, 0.1) is 5.92 Å². The number of rotatable bonds is 7. The fraction of sp³-hybridized carbons (Fsp3) is 0.550. The minimum atomic E-state index is 0.229. The lowest BCUT2D eigenvalue weighted by molar-refractivity contribution is 0.287. The first-order chi connectivity index (χ1) is 11.8. The van der Waals surface area contributed by atoms with Gasteiger partial charge >= 0.3 is 0 Å². The molecule has 0 atom stereocenters. The zero-order valence-corrected chi connectivity index (χ0v) is 15.4. The maximum atomic E-state index is 9.10. The van der Waals surface area contributed by atoms with Gasteiger partial charge in [-0.3, -0.25) is 4.68 Å². The predicted molar refractivity (Wildman–Crippen MR) is 101 cm³/mol. The number of aryl methyl sites for hydroxylation is 1. The van der Waals surface area contributed by atoms with Gasteiger partial charge in [0.05, 0.1) is 11.4 Å². The van der Waals surface area contributed by atoms with Crippen LogP contribution in [-0.2, 0) is 13.0 Å². The molecule has 2 aromatic rings. The van der Waals surface area contributed by atoms with E-state index in [1.807, 2.05) is 0 Å². The van der Waals surface area contributed by atoms with Crippen LogP contribution in [0.5, 0.6) is 0 Å². The molecule has 1 N–H and O–H groups in total. The summed E-state index contributed by atoms with van der Waals surface area (Å²) in [5.41, 5.74) is 3.57. The fourth-order valence-corrected chi connectivity index (χ4v) is 4.01. The van der Waals surface area contributed by atoms with Crippen LogP contribution >= 0.6 is 11.8 Å². The molecule has 0 unspecified atom stereocenters. The molecule has 1 heterocycles. The molecule has 130 valence electrons. The summed E-state index contributed by atoms with van der Waals surface area (Å²) in [5, 5.41) is 14.0. The smallest absolute Gasteiger partial charge is 0.0685 e. The first kappa shape index (κ1) is 17.6. The van der Waals surface area contributed by atoms with E-state index < -0.39 is 0 Å². The second-order valence-corrected chi connectivity index (χ2v) is 7.64. The molecule has 0 bridgehead atoms. The van der Waals surface area contributed by atoms with Gasteiger partial charge in [0.2, 0.25) is 0 Å². The van der Waals surface area contributed by atoms with E-state index in [0.717, 1.165) is 31.0 Å². The molecule has 0 radical (unpaired) electrons. The predicted octanol–water partition coefficient (Wildman–Crippen LogP) is 4.78. The number of benzene rings is 1. The van der Waals surface area contributed by atoms with Gasteiger partial charge in [0, 0.05) is 18.0 Å². The number of hydrogen-bond acceptors (Lipinski definition) is 3. The van der Waals surface area contributed by atoms with E-state index in [4.69, 9.17) is 10.2 Å². The molecule has 4 heteroatoms. The van der Waals surface area contributed by atoms with E-state index in [2.05, 4.69) is 41.3 Å². The van der Waals surface area contributed by atoms with Crippen molar-refractivity contribution in [1.82, 2.24) is 9.78 Å². The molecule has 1 saturated carbocycles. The molecule has 1 fully saturated rings. The Kier molecular flexibility index (Phi) is 6.38. The first-order valence-corrected chi connectivity index (χ1v) is 10.3. The number of thioether (sulfide) groups is 1. The average Bonchev–Trinajstić information content (AvgIpc) is 3.03. The van der Waals surface area contributed by atoms with E-state index in [9.17, 15) is 0 Å².